The number of hydrogen-bond acceptors (Lipinski definition) is 1. The van der Waals surface area contributed by atoms with E-state index in [1.807, 2.05) is 0 Å². The van der Waals surface area contributed by atoms with Crippen LogP contribution in [0.1, 0.15) is 44.7 Å². The molecule has 1 heterocycles. The van der Waals surface area contributed by atoms with E-state index >= 15 is 0 Å². The Hall–Kier alpha value is -1.50. The zero-order chi connectivity index (χ0) is 14.3. The van der Waals surface area contributed by atoms with Crippen LogP contribution in [0.25, 0.3) is 10.8 Å². The summed E-state index contributed by atoms with van der Waals surface area (Å²) in [6.45, 7) is 11.6. The van der Waals surface area contributed by atoms with Crippen LogP contribution in [0, 0.1) is 6.92 Å². The summed E-state index contributed by atoms with van der Waals surface area (Å²) in [7, 11) is 0. The van der Waals surface area contributed by atoms with Crippen molar-refractivity contribution in [2.75, 3.05) is 18.0 Å². The summed E-state index contributed by atoms with van der Waals surface area (Å²) < 4.78 is 0. The molecule has 3 rings (SSSR count). The van der Waals surface area contributed by atoms with Crippen LogP contribution in [0.3, 0.4) is 0 Å². The summed E-state index contributed by atoms with van der Waals surface area (Å²) in [6, 6.07) is 11.3. The molecule has 106 valence electrons. The summed E-state index contributed by atoms with van der Waals surface area (Å²) in [5, 5.41) is 2.83. The van der Waals surface area contributed by atoms with Crippen molar-refractivity contribution in [2.24, 2.45) is 0 Å². The number of benzene rings is 2. The van der Waals surface area contributed by atoms with E-state index in [1.165, 1.54) is 53.5 Å². The normalized spacial score (nSPS) is 16.1. The predicted molar refractivity (Wildman–Crippen MR) is 88.8 cm³/mol. The van der Waals surface area contributed by atoms with E-state index < -0.39 is 0 Å². The summed E-state index contributed by atoms with van der Waals surface area (Å²) >= 11 is 0. The monoisotopic (exact) mass is 267 g/mol. The Labute approximate surface area is 122 Å². The molecule has 0 radical (unpaired) electrons. The SMILES string of the molecule is Cc1c(C(C)(C)C)cc(N2CCCC2)c2ccccc12. The molecule has 1 heteroatoms. The molecule has 0 saturated carbocycles. The molecule has 0 amide bonds. The lowest BCUT2D eigenvalue weighted by Crippen LogP contribution is -2.20. The van der Waals surface area contributed by atoms with Gasteiger partial charge in [0.15, 0.2) is 0 Å². The average molecular weight is 267 g/mol. The Bertz CT molecular complexity index is 628. The van der Waals surface area contributed by atoms with Crippen molar-refractivity contribution in [3.63, 3.8) is 0 Å². The quantitative estimate of drug-likeness (QED) is 0.699. The average Bonchev–Trinajstić information content (AvgIpc) is 2.92. The second kappa shape index (κ2) is 4.80. The molecule has 2 aromatic rings. The maximum atomic E-state index is 2.57. The molecule has 20 heavy (non-hydrogen) atoms. The van der Waals surface area contributed by atoms with Gasteiger partial charge in [0, 0.05) is 24.2 Å². The first-order valence-corrected chi connectivity index (χ1v) is 7.76. The number of rotatable bonds is 1. The first-order valence-electron chi connectivity index (χ1n) is 7.76. The molecule has 0 N–H and O–H groups in total. The third-order valence-corrected chi connectivity index (χ3v) is 4.55. The van der Waals surface area contributed by atoms with Gasteiger partial charge in [-0.15, -0.1) is 0 Å². The van der Waals surface area contributed by atoms with E-state index in [9.17, 15) is 0 Å². The van der Waals surface area contributed by atoms with Crippen molar-refractivity contribution >= 4 is 16.5 Å². The highest BCUT2D eigenvalue weighted by Crippen LogP contribution is 2.38. The molecule has 0 bridgehead atoms. The van der Waals surface area contributed by atoms with E-state index in [1.54, 1.807) is 0 Å². The maximum absolute atomic E-state index is 2.57. The summed E-state index contributed by atoms with van der Waals surface area (Å²) in [5.74, 6) is 0. The highest BCUT2D eigenvalue weighted by molar-refractivity contribution is 5.97. The van der Waals surface area contributed by atoms with Crippen LogP contribution in [0.2, 0.25) is 0 Å². The van der Waals surface area contributed by atoms with Crippen LogP contribution < -0.4 is 4.90 Å². The zero-order valence-electron chi connectivity index (χ0n) is 13.2. The third-order valence-electron chi connectivity index (χ3n) is 4.55. The lowest BCUT2D eigenvalue weighted by molar-refractivity contribution is 0.587. The molecule has 0 aliphatic carbocycles. The largest absolute Gasteiger partial charge is 0.371 e. The van der Waals surface area contributed by atoms with Crippen molar-refractivity contribution in [3.05, 3.63) is 41.5 Å². The van der Waals surface area contributed by atoms with Crippen LogP contribution >= 0.6 is 0 Å². The van der Waals surface area contributed by atoms with Crippen LogP contribution in [-0.4, -0.2) is 13.1 Å². The second-order valence-corrected chi connectivity index (χ2v) is 7.06. The van der Waals surface area contributed by atoms with Gasteiger partial charge in [0.25, 0.3) is 0 Å². The highest BCUT2D eigenvalue weighted by Gasteiger charge is 2.22. The van der Waals surface area contributed by atoms with Gasteiger partial charge < -0.3 is 4.90 Å². The van der Waals surface area contributed by atoms with E-state index in [4.69, 9.17) is 0 Å². The van der Waals surface area contributed by atoms with Crippen LogP contribution in [0.5, 0.6) is 0 Å². The van der Waals surface area contributed by atoms with E-state index in [0.29, 0.717) is 0 Å². The predicted octanol–water partition coefficient (Wildman–Crippen LogP) is 5.05. The summed E-state index contributed by atoms with van der Waals surface area (Å²) in [6.07, 6.45) is 2.65. The topological polar surface area (TPSA) is 3.24 Å². The Morgan fingerprint density at radius 3 is 2.15 bits per heavy atom. The van der Waals surface area contributed by atoms with Crippen molar-refractivity contribution < 1.29 is 0 Å². The smallest absolute Gasteiger partial charge is 0.0449 e. The molecule has 1 aliphatic heterocycles. The number of aryl methyl sites for hydroxylation is 1. The van der Waals surface area contributed by atoms with Crippen molar-refractivity contribution in [3.8, 4) is 0 Å². The van der Waals surface area contributed by atoms with Crippen LogP contribution in [0.15, 0.2) is 30.3 Å². The highest BCUT2D eigenvalue weighted by atomic mass is 15.1. The Kier molecular flexibility index (Phi) is 3.24. The van der Waals surface area contributed by atoms with Crippen LogP contribution in [-0.2, 0) is 5.41 Å². The van der Waals surface area contributed by atoms with Crippen LogP contribution in [0.4, 0.5) is 5.69 Å². The fourth-order valence-corrected chi connectivity index (χ4v) is 3.50. The molecule has 0 aromatic heterocycles. The van der Waals surface area contributed by atoms with Gasteiger partial charge in [0.1, 0.15) is 0 Å². The van der Waals surface area contributed by atoms with Crippen molar-refractivity contribution in [2.45, 2.75) is 46.0 Å². The Morgan fingerprint density at radius 1 is 0.950 bits per heavy atom. The summed E-state index contributed by atoms with van der Waals surface area (Å²) in [5.41, 5.74) is 4.56. The fraction of sp³-hybridized carbons (Fsp3) is 0.474. The molecular formula is C19H25N. The van der Waals surface area contributed by atoms with Gasteiger partial charge in [-0.25, -0.2) is 0 Å². The first kappa shape index (κ1) is 13.5. The lowest BCUT2D eigenvalue weighted by atomic mass is 9.81. The molecule has 2 aromatic carbocycles. The van der Waals surface area contributed by atoms with Gasteiger partial charge in [0.2, 0.25) is 0 Å². The molecular weight excluding hydrogens is 242 g/mol. The van der Waals surface area contributed by atoms with Gasteiger partial charge in [-0.05, 0) is 47.8 Å². The zero-order valence-corrected chi connectivity index (χ0v) is 13.2. The van der Waals surface area contributed by atoms with Gasteiger partial charge in [0.05, 0.1) is 0 Å². The molecule has 0 unspecified atom stereocenters. The van der Waals surface area contributed by atoms with Gasteiger partial charge >= 0.3 is 0 Å². The lowest BCUT2D eigenvalue weighted by Gasteiger charge is -2.28. The van der Waals surface area contributed by atoms with E-state index in [2.05, 4.69) is 62.9 Å². The number of fused-ring (bicyclic) bond motifs is 1. The molecule has 1 fully saturated rings. The standard InChI is InChI=1S/C19H25N/c1-14-15-9-5-6-10-16(15)18(20-11-7-8-12-20)13-17(14)19(2,3)4/h5-6,9-10,13H,7-8,11-12H2,1-4H3. The molecule has 1 aliphatic rings. The van der Waals surface area contributed by atoms with E-state index in [0.717, 1.165) is 0 Å². The summed E-state index contributed by atoms with van der Waals surface area (Å²) in [4.78, 5) is 2.57. The molecule has 0 spiro atoms. The number of anilines is 1. The fourth-order valence-electron chi connectivity index (χ4n) is 3.50. The molecule has 0 atom stereocenters. The Balaban J connectivity index is 2.29. The van der Waals surface area contributed by atoms with Gasteiger partial charge in [-0.3, -0.25) is 0 Å². The van der Waals surface area contributed by atoms with Crippen molar-refractivity contribution in [1.82, 2.24) is 0 Å². The first-order chi connectivity index (χ1) is 9.48. The Morgan fingerprint density at radius 2 is 1.55 bits per heavy atom. The van der Waals surface area contributed by atoms with Gasteiger partial charge in [-0.1, -0.05) is 45.0 Å². The minimum atomic E-state index is 0.197. The minimum Gasteiger partial charge on any atom is -0.371 e. The van der Waals surface area contributed by atoms with Gasteiger partial charge in [-0.2, -0.15) is 0 Å². The number of nitrogens with zero attached hydrogens (tertiary/aromatic N) is 1. The van der Waals surface area contributed by atoms with E-state index in [-0.39, 0.29) is 5.41 Å². The molecule has 1 nitrogen and oxygen atoms in total. The van der Waals surface area contributed by atoms with Crippen molar-refractivity contribution in [1.29, 1.82) is 0 Å². The minimum absolute atomic E-state index is 0.197. The second-order valence-electron chi connectivity index (χ2n) is 7.06. The molecule has 1 saturated heterocycles. The number of hydrogen-bond donors (Lipinski definition) is 0. The maximum Gasteiger partial charge on any atom is 0.0449 e. The third kappa shape index (κ3) is 2.19.